The summed E-state index contributed by atoms with van der Waals surface area (Å²) in [6.45, 7) is 7.85. The van der Waals surface area contributed by atoms with E-state index in [-0.39, 0.29) is 36.5 Å². The summed E-state index contributed by atoms with van der Waals surface area (Å²) in [4.78, 5) is 24.0. The highest BCUT2D eigenvalue weighted by molar-refractivity contribution is 5.75. The van der Waals surface area contributed by atoms with Gasteiger partial charge in [-0.2, -0.15) is 0 Å². The molecule has 2 aliphatic carbocycles. The van der Waals surface area contributed by atoms with Gasteiger partial charge in [-0.3, -0.25) is 4.79 Å². The molecule has 8 nitrogen and oxygen atoms in total. The van der Waals surface area contributed by atoms with Crippen LogP contribution in [0, 0.1) is 17.8 Å². The number of rotatable bonds is 12. The molecule has 0 heterocycles. The average molecular weight is 531 g/mol. The molecule has 1 unspecified atom stereocenters. The standard InChI is InChI=1S/C30H42O8/c1-17(2)24-7-5-6-8-26(24)37-19(4)30(36)38-27-15-22(32)13-20-10-9-18(3)25(29(20)27)12-11-21(31)14-23(33)16-28(34)35/h5-10,13,17-19,21-23,25,27,29,31-33H,11-12,14-16H2,1-4H3,(H,34,35)/t18-,19?,21+,22+,23+,25-,27-,29-/m0/s1. The molecular weight excluding hydrogens is 488 g/mol. The van der Waals surface area contributed by atoms with E-state index in [1.807, 2.05) is 30.3 Å². The summed E-state index contributed by atoms with van der Waals surface area (Å²) < 4.78 is 12.0. The van der Waals surface area contributed by atoms with Crippen LogP contribution in [0.4, 0.5) is 0 Å². The molecule has 210 valence electrons. The van der Waals surface area contributed by atoms with E-state index in [0.717, 1.165) is 11.1 Å². The van der Waals surface area contributed by atoms with E-state index in [0.29, 0.717) is 18.6 Å². The molecule has 0 fully saturated rings. The lowest BCUT2D eigenvalue weighted by Gasteiger charge is -2.43. The molecule has 3 rings (SSSR count). The first kappa shape index (κ1) is 29.9. The third-order valence-corrected chi connectivity index (χ3v) is 7.60. The van der Waals surface area contributed by atoms with Crippen molar-refractivity contribution in [1.82, 2.24) is 0 Å². The number of allylic oxidation sites excluding steroid dienone is 2. The summed E-state index contributed by atoms with van der Waals surface area (Å²) in [5, 5.41) is 39.7. The number of aliphatic carboxylic acids is 1. The van der Waals surface area contributed by atoms with Crippen molar-refractivity contribution in [2.45, 2.75) is 96.2 Å². The van der Waals surface area contributed by atoms with E-state index in [9.17, 15) is 24.9 Å². The van der Waals surface area contributed by atoms with Crippen LogP contribution < -0.4 is 4.74 Å². The minimum atomic E-state index is -1.11. The predicted molar refractivity (Wildman–Crippen MR) is 143 cm³/mol. The van der Waals surface area contributed by atoms with Crippen molar-refractivity contribution in [1.29, 1.82) is 0 Å². The Balaban J connectivity index is 1.70. The number of fused-ring (bicyclic) bond motifs is 1. The normalized spacial score (nSPS) is 27.2. The number of carboxylic acid groups (broad SMARTS) is 1. The second kappa shape index (κ2) is 13.4. The molecule has 0 spiro atoms. The van der Waals surface area contributed by atoms with Crippen LogP contribution in [-0.4, -0.2) is 62.9 Å². The van der Waals surface area contributed by atoms with Gasteiger partial charge < -0.3 is 29.9 Å². The van der Waals surface area contributed by atoms with Crippen molar-refractivity contribution in [3.05, 3.63) is 53.6 Å². The highest BCUT2D eigenvalue weighted by Crippen LogP contribution is 2.44. The fourth-order valence-corrected chi connectivity index (χ4v) is 5.64. The number of hydrogen-bond acceptors (Lipinski definition) is 7. The minimum absolute atomic E-state index is 0.0135. The van der Waals surface area contributed by atoms with Crippen LogP contribution in [0.25, 0.3) is 0 Å². The van der Waals surface area contributed by atoms with Gasteiger partial charge in [-0.15, -0.1) is 0 Å². The molecule has 8 atom stereocenters. The molecule has 0 aliphatic heterocycles. The first-order valence-electron chi connectivity index (χ1n) is 13.6. The first-order chi connectivity index (χ1) is 18.0. The Morgan fingerprint density at radius 1 is 1.11 bits per heavy atom. The molecule has 8 heteroatoms. The Hall–Kier alpha value is -2.68. The smallest absolute Gasteiger partial charge is 0.347 e. The predicted octanol–water partition coefficient (Wildman–Crippen LogP) is 3.99. The van der Waals surface area contributed by atoms with Crippen molar-refractivity contribution < 1.29 is 39.5 Å². The molecule has 0 saturated heterocycles. The largest absolute Gasteiger partial charge is 0.481 e. The Labute approximate surface area is 225 Å². The molecule has 4 N–H and O–H groups in total. The average Bonchev–Trinajstić information content (AvgIpc) is 2.83. The van der Waals surface area contributed by atoms with Crippen molar-refractivity contribution in [3.8, 4) is 5.75 Å². The number of carbonyl (C=O) groups excluding carboxylic acids is 1. The number of carbonyl (C=O) groups is 2. The number of benzene rings is 1. The Morgan fingerprint density at radius 2 is 1.82 bits per heavy atom. The summed E-state index contributed by atoms with van der Waals surface area (Å²) in [5.74, 6) is -0.734. The van der Waals surface area contributed by atoms with Crippen LogP contribution in [0.3, 0.4) is 0 Å². The third kappa shape index (κ3) is 7.91. The van der Waals surface area contributed by atoms with Gasteiger partial charge in [0.25, 0.3) is 0 Å². The molecule has 0 radical (unpaired) electrons. The molecule has 1 aromatic rings. The number of carboxylic acids is 1. The van der Waals surface area contributed by atoms with Crippen LogP contribution >= 0.6 is 0 Å². The van der Waals surface area contributed by atoms with Gasteiger partial charge in [0.1, 0.15) is 11.9 Å². The maximum Gasteiger partial charge on any atom is 0.347 e. The number of esters is 1. The van der Waals surface area contributed by atoms with Crippen molar-refractivity contribution >= 4 is 11.9 Å². The van der Waals surface area contributed by atoms with Gasteiger partial charge in [0.05, 0.1) is 24.7 Å². The lowest BCUT2D eigenvalue weighted by atomic mass is 9.66. The molecule has 0 saturated carbocycles. The van der Waals surface area contributed by atoms with Crippen LogP contribution in [-0.2, 0) is 14.3 Å². The minimum Gasteiger partial charge on any atom is -0.481 e. The van der Waals surface area contributed by atoms with E-state index in [4.69, 9.17) is 14.6 Å². The Bertz CT molecular complexity index is 1020. The van der Waals surface area contributed by atoms with Crippen molar-refractivity contribution in [3.63, 3.8) is 0 Å². The molecule has 1 aromatic carbocycles. The number of aliphatic hydroxyl groups is 3. The SMILES string of the molecule is CC(Oc1ccccc1C(C)C)C(=O)O[C@H]1C[C@H](O)C=C2C=C[C@H](C)[C@H](CC[C@@H](O)C[C@@H](O)CC(=O)O)[C@H]21. The fourth-order valence-electron chi connectivity index (χ4n) is 5.64. The number of hydrogen-bond donors (Lipinski definition) is 4. The molecule has 2 aliphatic rings. The molecule has 0 amide bonds. The van der Waals surface area contributed by atoms with E-state index in [1.54, 1.807) is 13.0 Å². The Morgan fingerprint density at radius 3 is 2.50 bits per heavy atom. The summed E-state index contributed by atoms with van der Waals surface area (Å²) in [5.41, 5.74) is 1.91. The van der Waals surface area contributed by atoms with E-state index in [1.165, 1.54) is 0 Å². The summed E-state index contributed by atoms with van der Waals surface area (Å²) in [6.07, 6.45) is 2.55. The van der Waals surface area contributed by atoms with Gasteiger partial charge in [0.2, 0.25) is 0 Å². The summed E-state index contributed by atoms with van der Waals surface area (Å²) in [6, 6.07) is 7.61. The van der Waals surface area contributed by atoms with Gasteiger partial charge in [-0.05, 0) is 61.1 Å². The van der Waals surface area contributed by atoms with Gasteiger partial charge in [-0.25, -0.2) is 4.79 Å². The quantitative estimate of drug-likeness (QED) is 0.298. The van der Waals surface area contributed by atoms with Crippen LogP contribution in [0.1, 0.15) is 71.3 Å². The molecule has 0 bridgehead atoms. The zero-order valence-electron chi connectivity index (χ0n) is 22.7. The summed E-state index contributed by atoms with van der Waals surface area (Å²) in [7, 11) is 0. The fraction of sp³-hybridized carbons (Fsp3) is 0.600. The first-order valence-corrected chi connectivity index (χ1v) is 13.6. The second-order valence-corrected chi connectivity index (χ2v) is 11.0. The van der Waals surface area contributed by atoms with Crippen LogP contribution in [0.15, 0.2) is 48.1 Å². The number of para-hydroxylation sites is 1. The maximum absolute atomic E-state index is 13.2. The topological polar surface area (TPSA) is 134 Å². The molecular formula is C30H42O8. The lowest BCUT2D eigenvalue weighted by molar-refractivity contribution is -0.162. The van der Waals surface area contributed by atoms with Gasteiger partial charge >= 0.3 is 11.9 Å². The lowest BCUT2D eigenvalue weighted by Crippen LogP contribution is -2.44. The zero-order chi connectivity index (χ0) is 28.0. The highest BCUT2D eigenvalue weighted by atomic mass is 16.6. The van der Waals surface area contributed by atoms with Gasteiger partial charge in [0.15, 0.2) is 6.10 Å². The number of ether oxygens (including phenoxy) is 2. The summed E-state index contributed by atoms with van der Waals surface area (Å²) >= 11 is 0. The van der Waals surface area contributed by atoms with E-state index in [2.05, 4.69) is 26.8 Å². The highest BCUT2D eigenvalue weighted by Gasteiger charge is 2.42. The maximum atomic E-state index is 13.2. The molecule has 38 heavy (non-hydrogen) atoms. The zero-order valence-corrected chi connectivity index (χ0v) is 22.7. The van der Waals surface area contributed by atoms with Crippen molar-refractivity contribution in [2.75, 3.05) is 0 Å². The van der Waals surface area contributed by atoms with Gasteiger partial charge in [-0.1, -0.05) is 57.2 Å². The van der Waals surface area contributed by atoms with Crippen LogP contribution in [0.5, 0.6) is 5.75 Å². The Kier molecular flexibility index (Phi) is 10.5. The van der Waals surface area contributed by atoms with Crippen LogP contribution in [0.2, 0.25) is 0 Å². The van der Waals surface area contributed by atoms with E-state index >= 15 is 0 Å². The van der Waals surface area contributed by atoms with Gasteiger partial charge in [0, 0.05) is 12.3 Å². The number of aliphatic hydroxyl groups excluding tert-OH is 3. The van der Waals surface area contributed by atoms with Crippen molar-refractivity contribution in [2.24, 2.45) is 17.8 Å². The monoisotopic (exact) mass is 530 g/mol. The molecule has 0 aromatic heterocycles. The second-order valence-electron chi connectivity index (χ2n) is 11.0. The third-order valence-electron chi connectivity index (χ3n) is 7.60. The van der Waals surface area contributed by atoms with E-state index < -0.39 is 48.9 Å².